The molecule has 1 fully saturated rings. The lowest BCUT2D eigenvalue weighted by Gasteiger charge is -2.37. The molecule has 0 unspecified atom stereocenters. The summed E-state index contributed by atoms with van der Waals surface area (Å²) in [6, 6.07) is 12.9. The molecule has 1 aromatic heterocycles. The first-order valence-corrected chi connectivity index (χ1v) is 10.8. The van der Waals surface area contributed by atoms with Crippen molar-refractivity contribution >= 4 is 17.6 Å². The number of nitrogens with zero attached hydrogens (tertiary/aromatic N) is 3. The second-order valence-corrected chi connectivity index (χ2v) is 8.03. The van der Waals surface area contributed by atoms with Crippen LogP contribution in [0.3, 0.4) is 0 Å². The maximum absolute atomic E-state index is 12.9. The number of piperidine rings is 1. The van der Waals surface area contributed by atoms with Gasteiger partial charge < -0.3 is 15.1 Å². The Morgan fingerprint density at radius 2 is 1.90 bits per heavy atom. The average Bonchev–Trinajstić information content (AvgIpc) is 2.79. The van der Waals surface area contributed by atoms with Crippen LogP contribution in [0.15, 0.2) is 42.6 Å². The van der Waals surface area contributed by atoms with Gasteiger partial charge in [-0.25, -0.2) is 4.98 Å². The first-order chi connectivity index (χ1) is 14.5. The van der Waals surface area contributed by atoms with Crippen LogP contribution >= 0.6 is 0 Å². The van der Waals surface area contributed by atoms with Gasteiger partial charge in [0.2, 0.25) is 5.91 Å². The highest BCUT2D eigenvalue weighted by molar-refractivity contribution is 5.95. The second-order valence-electron chi connectivity index (χ2n) is 8.03. The van der Waals surface area contributed by atoms with E-state index in [1.54, 1.807) is 13.1 Å². The Hall–Kier alpha value is -2.73. The molecule has 1 aliphatic rings. The number of aromatic nitrogens is 1. The van der Waals surface area contributed by atoms with Crippen molar-refractivity contribution in [1.29, 1.82) is 0 Å². The van der Waals surface area contributed by atoms with Gasteiger partial charge >= 0.3 is 0 Å². The van der Waals surface area contributed by atoms with Crippen LogP contribution in [0.4, 0.5) is 5.82 Å². The zero-order valence-electron chi connectivity index (χ0n) is 18.2. The smallest absolute Gasteiger partial charge is 0.255 e. The fraction of sp³-hybridized carbons (Fsp3) is 0.458. The van der Waals surface area contributed by atoms with Crippen molar-refractivity contribution in [2.24, 2.45) is 0 Å². The molecule has 0 saturated carbocycles. The first kappa shape index (κ1) is 22.0. The number of rotatable bonds is 7. The van der Waals surface area contributed by atoms with Gasteiger partial charge in [-0.15, -0.1) is 0 Å². The lowest BCUT2D eigenvalue weighted by molar-refractivity contribution is -0.115. The van der Waals surface area contributed by atoms with Crippen LogP contribution in [0.5, 0.6) is 0 Å². The number of likely N-dealkylation sites (tertiary alicyclic amines) is 1. The Labute approximate surface area is 179 Å². The zero-order chi connectivity index (χ0) is 21.5. The van der Waals surface area contributed by atoms with Gasteiger partial charge in [0.1, 0.15) is 5.82 Å². The van der Waals surface area contributed by atoms with Crippen LogP contribution < -0.4 is 5.32 Å². The largest absolute Gasteiger partial charge is 0.338 e. The molecule has 1 aromatic carbocycles. The lowest BCUT2D eigenvalue weighted by atomic mass is 10.0. The van der Waals surface area contributed by atoms with Crippen LogP contribution in [-0.2, 0) is 11.2 Å². The molecular weight excluding hydrogens is 376 g/mol. The normalized spacial score (nSPS) is 14.7. The predicted molar refractivity (Wildman–Crippen MR) is 120 cm³/mol. The maximum atomic E-state index is 12.9. The number of carbonyl (C=O) groups is 2. The quantitative estimate of drug-likeness (QED) is 0.761. The van der Waals surface area contributed by atoms with Crippen LogP contribution in [0.2, 0.25) is 0 Å². The number of anilines is 1. The Bertz CT molecular complexity index is 861. The molecule has 0 bridgehead atoms. The van der Waals surface area contributed by atoms with E-state index in [0.29, 0.717) is 23.8 Å². The summed E-state index contributed by atoms with van der Waals surface area (Å²) in [5, 5.41) is 2.77. The minimum absolute atomic E-state index is 0.0179. The third kappa shape index (κ3) is 5.66. The van der Waals surface area contributed by atoms with E-state index in [2.05, 4.69) is 46.5 Å². The highest BCUT2D eigenvalue weighted by atomic mass is 16.2. The molecule has 0 atom stereocenters. The summed E-state index contributed by atoms with van der Waals surface area (Å²) < 4.78 is 0. The number of carbonyl (C=O) groups excluding carboxylic acids is 2. The number of pyridine rings is 1. The van der Waals surface area contributed by atoms with E-state index in [4.69, 9.17) is 0 Å². The zero-order valence-corrected chi connectivity index (χ0v) is 18.2. The summed E-state index contributed by atoms with van der Waals surface area (Å²) >= 11 is 0. The van der Waals surface area contributed by atoms with Crippen LogP contribution in [0, 0.1) is 6.92 Å². The predicted octanol–water partition coefficient (Wildman–Crippen LogP) is 3.52. The lowest BCUT2D eigenvalue weighted by Crippen LogP contribution is -2.46. The standard InChI is InChI=1S/C24H32N4O2/c1-4-22(29)26-23-18(2)16-20(17-25-23)24(30)28-14-11-21(12-15-28)27(3)13-10-19-8-6-5-7-9-19/h5-9,16-17,21H,4,10-15H2,1-3H3,(H,25,26,29). The van der Waals surface area contributed by atoms with E-state index in [-0.39, 0.29) is 11.8 Å². The number of hydrogen-bond acceptors (Lipinski definition) is 4. The summed E-state index contributed by atoms with van der Waals surface area (Å²) in [7, 11) is 2.18. The van der Waals surface area contributed by atoms with Crippen molar-refractivity contribution in [2.75, 3.05) is 32.0 Å². The molecular formula is C24H32N4O2. The number of benzene rings is 1. The van der Waals surface area contributed by atoms with Gasteiger partial charge in [-0.05, 0) is 50.4 Å². The first-order valence-electron chi connectivity index (χ1n) is 10.8. The van der Waals surface area contributed by atoms with Crippen molar-refractivity contribution in [3.63, 3.8) is 0 Å². The summed E-state index contributed by atoms with van der Waals surface area (Å²) in [4.78, 5) is 33.1. The molecule has 0 spiro atoms. The molecule has 0 radical (unpaired) electrons. The Morgan fingerprint density at radius 1 is 1.20 bits per heavy atom. The summed E-state index contributed by atoms with van der Waals surface area (Å²) in [6.45, 7) is 6.20. The highest BCUT2D eigenvalue weighted by Crippen LogP contribution is 2.20. The molecule has 3 rings (SSSR count). The van der Waals surface area contributed by atoms with Gasteiger partial charge in [0.15, 0.2) is 0 Å². The van der Waals surface area contributed by atoms with E-state index >= 15 is 0 Å². The number of nitrogens with one attached hydrogen (secondary N) is 1. The Morgan fingerprint density at radius 3 is 2.53 bits per heavy atom. The summed E-state index contributed by atoms with van der Waals surface area (Å²) in [5.41, 5.74) is 2.74. The molecule has 6 nitrogen and oxygen atoms in total. The molecule has 6 heteroatoms. The molecule has 1 N–H and O–H groups in total. The van der Waals surface area contributed by atoms with Gasteiger partial charge in [-0.1, -0.05) is 37.3 Å². The average molecular weight is 409 g/mol. The van der Waals surface area contributed by atoms with E-state index in [9.17, 15) is 9.59 Å². The minimum Gasteiger partial charge on any atom is -0.338 e. The summed E-state index contributed by atoms with van der Waals surface area (Å²) in [5.74, 6) is 0.463. The molecule has 2 aromatic rings. The van der Waals surface area contributed by atoms with Gasteiger partial charge in [0.05, 0.1) is 5.56 Å². The van der Waals surface area contributed by atoms with Crippen molar-refractivity contribution in [2.45, 2.75) is 45.6 Å². The number of amides is 2. The molecule has 2 amide bonds. The Balaban J connectivity index is 1.51. The Kier molecular flexibility index (Phi) is 7.57. The van der Waals surface area contributed by atoms with E-state index in [1.807, 2.05) is 24.0 Å². The van der Waals surface area contributed by atoms with Crippen molar-refractivity contribution in [3.8, 4) is 0 Å². The molecule has 160 valence electrons. The van der Waals surface area contributed by atoms with E-state index in [1.165, 1.54) is 5.56 Å². The van der Waals surface area contributed by atoms with Crippen LogP contribution in [0.1, 0.15) is 47.7 Å². The van der Waals surface area contributed by atoms with Crippen molar-refractivity contribution in [1.82, 2.24) is 14.8 Å². The SMILES string of the molecule is CCC(=O)Nc1ncc(C(=O)N2CCC(N(C)CCc3ccccc3)CC2)cc1C. The second kappa shape index (κ2) is 10.3. The van der Waals surface area contributed by atoms with Crippen molar-refractivity contribution in [3.05, 3.63) is 59.3 Å². The highest BCUT2D eigenvalue weighted by Gasteiger charge is 2.26. The van der Waals surface area contributed by atoms with Gasteiger partial charge in [0, 0.05) is 38.3 Å². The maximum Gasteiger partial charge on any atom is 0.255 e. The minimum atomic E-state index is -0.0804. The summed E-state index contributed by atoms with van der Waals surface area (Å²) in [6.07, 6.45) is 4.97. The van der Waals surface area contributed by atoms with Gasteiger partial charge in [-0.3, -0.25) is 9.59 Å². The fourth-order valence-corrected chi connectivity index (χ4v) is 3.87. The van der Waals surface area contributed by atoms with Crippen LogP contribution in [0.25, 0.3) is 0 Å². The van der Waals surface area contributed by atoms with E-state index < -0.39 is 0 Å². The number of hydrogen-bond donors (Lipinski definition) is 1. The molecule has 1 saturated heterocycles. The third-order valence-electron chi connectivity index (χ3n) is 5.88. The molecule has 0 aliphatic carbocycles. The van der Waals surface area contributed by atoms with Gasteiger partial charge in [-0.2, -0.15) is 0 Å². The molecule has 1 aliphatic heterocycles. The van der Waals surface area contributed by atoms with Crippen molar-refractivity contribution < 1.29 is 9.59 Å². The number of aryl methyl sites for hydroxylation is 1. The van der Waals surface area contributed by atoms with Crippen LogP contribution in [-0.4, -0.2) is 59.3 Å². The number of likely N-dealkylation sites (N-methyl/N-ethyl adjacent to an activating group) is 1. The topological polar surface area (TPSA) is 65.5 Å². The molecule has 30 heavy (non-hydrogen) atoms. The van der Waals surface area contributed by atoms with E-state index in [0.717, 1.165) is 44.5 Å². The third-order valence-corrected chi connectivity index (χ3v) is 5.88. The fourth-order valence-electron chi connectivity index (χ4n) is 3.87. The monoisotopic (exact) mass is 408 g/mol. The van der Waals surface area contributed by atoms with Gasteiger partial charge in [0.25, 0.3) is 5.91 Å². The molecule has 2 heterocycles.